The van der Waals surface area contributed by atoms with Gasteiger partial charge in [0.25, 0.3) is 0 Å². The smallest absolute Gasteiger partial charge is 0.244 e. The van der Waals surface area contributed by atoms with Crippen molar-refractivity contribution in [2.24, 2.45) is 0 Å². The third-order valence-electron chi connectivity index (χ3n) is 3.38. The van der Waals surface area contributed by atoms with Crippen molar-refractivity contribution in [2.75, 3.05) is 20.1 Å². The minimum Gasteiger partial charge on any atom is -0.373 e. The first-order valence-electron chi connectivity index (χ1n) is 6.93. The molecule has 1 heterocycles. The molecule has 118 valence electrons. The maximum absolute atomic E-state index is 12.8. The van der Waals surface area contributed by atoms with Crippen molar-refractivity contribution in [1.82, 2.24) is 9.62 Å². The minimum absolute atomic E-state index is 0.0918. The Morgan fingerprint density at radius 1 is 1.33 bits per heavy atom. The van der Waals surface area contributed by atoms with Gasteiger partial charge in [-0.3, -0.25) is 0 Å². The van der Waals surface area contributed by atoms with Gasteiger partial charge in [-0.05, 0) is 54.5 Å². The zero-order valence-corrected chi connectivity index (χ0v) is 14.9. The van der Waals surface area contributed by atoms with E-state index in [1.165, 1.54) is 4.31 Å². The maximum atomic E-state index is 12.8. The number of benzene rings is 1. The third-order valence-corrected chi connectivity index (χ3v) is 6.19. The van der Waals surface area contributed by atoms with Crippen LogP contribution in [-0.2, 0) is 21.3 Å². The van der Waals surface area contributed by atoms with Gasteiger partial charge >= 0.3 is 0 Å². The zero-order chi connectivity index (χ0) is 15.6. The Balaban J connectivity index is 2.31. The summed E-state index contributed by atoms with van der Waals surface area (Å²) in [5.41, 5.74) is 1.03. The lowest BCUT2D eigenvalue weighted by atomic mass is 10.2. The number of hydrogen-bond donors (Lipinski definition) is 1. The molecule has 2 atom stereocenters. The molecule has 0 aromatic heterocycles. The van der Waals surface area contributed by atoms with Crippen molar-refractivity contribution in [3.63, 3.8) is 0 Å². The first kappa shape index (κ1) is 16.9. The molecular weight excluding hydrogens is 356 g/mol. The van der Waals surface area contributed by atoms with Crippen LogP contribution < -0.4 is 5.32 Å². The van der Waals surface area contributed by atoms with Gasteiger partial charge in [-0.1, -0.05) is 6.07 Å². The molecule has 0 aliphatic carbocycles. The molecule has 0 amide bonds. The third kappa shape index (κ3) is 3.84. The average molecular weight is 377 g/mol. The molecule has 1 aliphatic rings. The summed E-state index contributed by atoms with van der Waals surface area (Å²) in [7, 11) is -1.65. The summed E-state index contributed by atoms with van der Waals surface area (Å²) >= 11 is 3.38. The van der Waals surface area contributed by atoms with Gasteiger partial charge in [0.2, 0.25) is 10.0 Å². The van der Waals surface area contributed by atoms with Crippen molar-refractivity contribution in [3.05, 3.63) is 28.2 Å². The molecule has 5 nitrogen and oxygen atoms in total. The van der Waals surface area contributed by atoms with Crippen LogP contribution in [0.4, 0.5) is 0 Å². The molecule has 0 saturated carbocycles. The van der Waals surface area contributed by atoms with Crippen molar-refractivity contribution >= 4 is 26.0 Å². The largest absolute Gasteiger partial charge is 0.373 e. The van der Waals surface area contributed by atoms with Gasteiger partial charge in [-0.25, -0.2) is 8.42 Å². The molecule has 21 heavy (non-hydrogen) atoms. The maximum Gasteiger partial charge on any atom is 0.244 e. The molecule has 7 heteroatoms. The Morgan fingerprint density at radius 3 is 2.48 bits per heavy atom. The Bertz CT molecular complexity index is 596. The Morgan fingerprint density at radius 2 is 1.95 bits per heavy atom. The van der Waals surface area contributed by atoms with Crippen molar-refractivity contribution < 1.29 is 13.2 Å². The molecule has 2 rings (SSSR count). The van der Waals surface area contributed by atoms with Crippen LogP contribution in [0.25, 0.3) is 0 Å². The normalized spacial score (nSPS) is 24.2. The van der Waals surface area contributed by atoms with Crippen LogP contribution in [0.1, 0.15) is 19.4 Å². The van der Waals surface area contributed by atoms with Crippen LogP contribution in [0.3, 0.4) is 0 Å². The highest BCUT2D eigenvalue weighted by Gasteiger charge is 2.33. The topological polar surface area (TPSA) is 58.6 Å². The molecule has 1 N–H and O–H groups in total. The number of ether oxygens (including phenoxy) is 1. The van der Waals surface area contributed by atoms with Gasteiger partial charge in [0.15, 0.2) is 0 Å². The lowest BCUT2D eigenvalue weighted by molar-refractivity contribution is -0.0440. The van der Waals surface area contributed by atoms with Crippen molar-refractivity contribution in [2.45, 2.75) is 37.5 Å². The highest BCUT2D eigenvalue weighted by molar-refractivity contribution is 9.10. The molecule has 0 unspecified atom stereocenters. The highest BCUT2D eigenvalue weighted by Crippen LogP contribution is 2.28. The Labute approximate surface area is 134 Å². The molecule has 0 spiro atoms. The fraction of sp³-hybridized carbons (Fsp3) is 0.571. The van der Waals surface area contributed by atoms with E-state index in [0.29, 0.717) is 29.0 Å². The van der Waals surface area contributed by atoms with E-state index in [1.807, 2.05) is 33.0 Å². The summed E-state index contributed by atoms with van der Waals surface area (Å²) in [6.45, 7) is 5.26. The van der Waals surface area contributed by atoms with E-state index in [0.717, 1.165) is 5.56 Å². The fourth-order valence-corrected chi connectivity index (χ4v) is 5.21. The van der Waals surface area contributed by atoms with E-state index < -0.39 is 10.0 Å². The van der Waals surface area contributed by atoms with E-state index in [2.05, 4.69) is 21.2 Å². The van der Waals surface area contributed by atoms with Crippen LogP contribution in [0.15, 0.2) is 27.6 Å². The highest BCUT2D eigenvalue weighted by atomic mass is 79.9. The zero-order valence-electron chi connectivity index (χ0n) is 12.5. The number of sulfonamides is 1. The van der Waals surface area contributed by atoms with Crippen LogP contribution in [0.2, 0.25) is 0 Å². The van der Waals surface area contributed by atoms with Crippen LogP contribution in [0.5, 0.6) is 0 Å². The number of rotatable bonds is 4. The quantitative estimate of drug-likeness (QED) is 0.872. The Kier molecular flexibility index (Phi) is 5.43. The molecule has 1 aromatic carbocycles. The van der Waals surface area contributed by atoms with E-state index in [-0.39, 0.29) is 12.2 Å². The minimum atomic E-state index is -3.50. The predicted molar refractivity (Wildman–Crippen MR) is 85.7 cm³/mol. The second-order valence-electron chi connectivity index (χ2n) is 5.37. The summed E-state index contributed by atoms with van der Waals surface area (Å²) in [6, 6.07) is 5.34. The summed E-state index contributed by atoms with van der Waals surface area (Å²) in [6.07, 6.45) is -0.184. The Hall–Kier alpha value is -0.470. The molecule has 1 saturated heterocycles. The van der Waals surface area contributed by atoms with E-state index in [9.17, 15) is 8.42 Å². The SMILES string of the molecule is CNCc1ccc(S(=O)(=O)N2C[C@@H](C)O[C@@H](C)C2)c(Br)c1. The molecule has 1 fully saturated rings. The van der Waals surface area contributed by atoms with E-state index >= 15 is 0 Å². The second-order valence-corrected chi connectivity index (χ2v) is 8.14. The van der Waals surface area contributed by atoms with Gasteiger partial charge < -0.3 is 10.1 Å². The molecule has 1 aliphatic heterocycles. The summed E-state index contributed by atoms with van der Waals surface area (Å²) in [4.78, 5) is 0.309. The molecule has 0 bridgehead atoms. The van der Waals surface area contributed by atoms with Crippen LogP contribution in [0, 0.1) is 0 Å². The fourth-order valence-electron chi connectivity index (χ4n) is 2.53. The molecule has 1 aromatic rings. The van der Waals surface area contributed by atoms with Gasteiger partial charge in [0, 0.05) is 24.1 Å². The number of nitrogens with one attached hydrogen (secondary N) is 1. The van der Waals surface area contributed by atoms with Crippen LogP contribution in [-0.4, -0.2) is 45.1 Å². The van der Waals surface area contributed by atoms with E-state index in [1.54, 1.807) is 6.07 Å². The monoisotopic (exact) mass is 376 g/mol. The lowest BCUT2D eigenvalue weighted by Gasteiger charge is -2.34. The molecule has 0 radical (unpaired) electrons. The van der Waals surface area contributed by atoms with Crippen molar-refractivity contribution in [1.29, 1.82) is 0 Å². The number of hydrogen-bond acceptors (Lipinski definition) is 4. The van der Waals surface area contributed by atoms with Gasteiger partial charge in [-0.15, -0.1) is 0 Å². The predicted octanol–water partition coefficient (Wildman–Crippen LogP) is 1.97. The standard InChI is InChI=1S/C14H21BrN2O3S/c1-10-8-17(9-11(2)20-10)21(18,19)14-5-4-12(7-16-3)6-13(14)15/h4-6,10-11,16H,7-9H2,1-3H3/t10-,11+. The average Bonchev–Trinajstić information content (AvgIpc) is 2.37. The first-order chi connectivity index (χ1) is 9.84. The second kappa shape index (κ2) is 6.75. The summed E-state index contributed by atoms with van der Waals surface area (Å²) in [5, 5.41) is 3.05. The summed E-state index contributed by atoms with van der Waals surface area (Å²) in [5.74, 6) is 0. The van der Waals surface area contributed by atoms with Gasteiger partial charge in [-0.2, -0.15) is 4.31 Å². The summed E-state index contributed by atoms with van der Waals surface area (Å²) < 4.78 is 33.3. The number of nitrogens with zero attached hydrogens (tertiary/aromatic N) is 1. The van der Waals surface area contributed by atoms with Gasteiger partial charge in [0.05, 0.1) is 17.1 Å². The van der Waals surface area contributed by atoms with Crippen LogP contribution >= 0.6 is 15.9 Å². The van der Waals surface area contributed by atoms with Crippen molar-refractivity contribution in [3.8, 4) is 0 Å². The van der Waals surface area contributed by atoms with E-state index in [4.69, 9.17) is 4.74 Å². The molecular formula is C14H21BrN2O3S. The number of morpholine rings is 1. The number of halogens is 1. The first-order valence-corrected chi connectivity index (χ1v) is 9.16. The van der Waals surface area contributed by atoms with Gasteiger partial charge in [0.1, 0.15) is 0 Å². The lowest BCUT2D eigenvalue weighted by Crippen LogP contribution is -2.48.